The van der Waals surface area contributed by atoms with Crippen molar-refractivity contribution in [1.29, 1.82) is 0 Å². The van der Waals surface area contributed by atoms with E-state index in [0.29, 0.717) is 13.0 Å². The van der Waals surface area contributed by atoms with Gasteiger partial charge in [0.1, 0.15) is 12.2 Å². The highest BCUT2D eigenvalue weighted by Gasteiger charge is 2.64. The van der Waals surface area contributed by atoms with E-state index in [1.165, 1.54) is 6.42 Å². The molecule has 31 heavy (non-hydrogen) atoms. The van der Waals surface area contributed by atoms with E-state index in [4.69, 9.17) is 23.4 Å². The van der Waals surface area contributed by atoms with Crippen LogP contribution in [0.1, 0.15) is 65.7 Å². The van der Waals surface area contributed by atoms with Gasteiger partial charge in [-0.05, 0) is 43.0 Å². The Morgan fingerprint density at radius 3 is 2.55 bits per heavy atom. The lowest BCUT2D eigenvalue weighted by molar-refractivity contribution is -0.261. The van der Waals surface area contributed by atoms with Crippen LogP contribution in [0.25, 0.3) is 0 Å². The molecule has 5 atom stereocenters. The molecule has 0 N–H and O–H groups in total. The van der Waals surface area contributed by atoms with Gasteiger partial charge in [0, 0.05) is 19.4 Å². The SMILES string of the molecule is COC1C[C@@]2(O[Si](C)(C)C(C)(C)C)[C@@H](O1)O[C@@H]1C=C(COC(=O)C3CCCCC3)[C@H]2C1. The van der Waals surface area contributed by atoms with Gasteiger partial charge in [0.05, 0.1) is 12.0 Å². The molecule has 0 radical (unpaired) electrons. The number of ether oxygens (including phenoxy) is 4. The summed E-state index contributed by atoms with van der Waals surface area (Å²) in [7, 11) is -0.451. The fourth-order valence-corrected chi connectivity index (χ4v) is 6.95. The third-order valence-corrected chi connectivity index (χ3v) is 12.7. The van der Waals surface area contributed by atoms with Gasteiger partial charge < -0.3 is 23.4 Å². The minimum absolute atomic E-state index is 0.0230. The molecule has 0 spiro atoms. The number of hydrogen-bond donors (Lipinski definition) is 0. The molecule has 2 bridgehead atoms. The first-order valence-electron chi connectivity index (χ1n) is 12.0. The molecule has 2 aliphatic heterocycles. The van der Waals surface area contributed by atoms with E-state index in [-0.39, 0.29) is 35.2 Å². The summed E-state index contributed by atoms with van der Waals surface area (Å²) in [6.07, 6.45) is 8.18. The molecule has 2 saturated heterocycles. The molecule has 0 amide bonds. The van der Waals surface area contributed by atoms with Gasteiger partial charge in [0.2, 0.25) is 0 Å². The molecule has 0 aromatic carbocycles. The van der Waals surface area contributed by atoms with Gasteiger partial charge in [-0.2, -0.15) is 0 Å². The largest absolute Gasteiger partial charge is 0.461 e. The predicted octanol–water partition coefficient (Wildman–Crippen LogP) is 4.93. The minimum atomic E-state index is -2.12. The van der Waals surface area contributed by atoms with Crippen molar-refractivity contribution in [2.24, 2.45) is 11.8 Å². The maximum Gasteiger partial charge on any atom is 0.309 e. The van der Waals surface area contributed by atoms with Crippen molar-refractivity contribution in [3.63, 3.8) is 0 Å². The van der Waals surface area contributed by atoms with Crippen LogP contribution in [-0.4, -0.2) is 52.3 Å². The van der Waals surface area contributed by atoms with Crippen LogP contribution in [0.5, 0.6) is 0 Å². The van der Waals surface area contributed by atoms with Crippen molar-refractivity contribution in [1.82, 2.24) is 0 Å². The first-order valence-corrected chi connectivity index (χ1v) is 14.9. The molecule has 4 rings (SSSR count). The number of esters is 1. The molecule has 3 fully saturated rings. The zero-order valence-corrected chi connectivity index (χ0v) is 21.1. The van der Waals surface area contributed by atoms with Crippen LogP contribution in [0.4, 0.5) is 0 Å². The fraction of sp³-hybridized carbons (Fsp3) is 0.875. The predicted molar refractivity (Wildman–Crippen MR) is 120 cm³/mol. The third kappa shape index (κ3) is 4.41. The Morgan fingerprint density at radius 1 is 1.19 bits per heavy atom. The Hall–Kier alpha value is -0.733. The molecule has 1 saturated carbocycles. The van der Waals surface area contributed by atoms with E-state index in [9.17, 15) is 4.79 Å². The number of hydrogen-bond acceptors (Lipinski definition) is 6. The Labute approximate surface area is 188 Å². The van der Waals surface area contributed by atoms with Gasteiger partial charge in [-0.1, -0.05) is 46.1 Å². The number of carbonyl (C=O) groups excluding carboxylic acids is 1. The van der Waals surface area contributed by atoms with Crippen LogP contribution in [-0.2, 0) is 28.2 Å². The molecule has 6 nitrogen and oxygen atoms in total. The summed E-state index contributed by atoms with van der Waals surface area (Å²) in [5.74, 6) is 0.130. The van der Waals surface area contributed by atoms with E-state index in [1.807, 2.05) is 0 Å². The van der Waals surface area contributed by atoms with E-state index in [0.717, 1.165) is 37.7 Å². The van der Waals surface area contributed by atoms with Gasteiger partial charge in [-0.15, -0.1) is 0 Å². The highest BCUT2D eigenvalue weighted by Crippen LogP contribution is 2.55. The standard InChI is InChI=1S/C24H40O6Si/c1-23(2,3)31(5,6)30-24-14-20(26-4)29-22(24)28-18-12-17(19(24)13-18)15-27-21(25)16-10-8-7-9-11-16/h12,16,18-20,22H,7-11,13-15H2,1-6H3/t18-,19-,20?,22-,24+/m1/s1. The summed E-state index contributed by atoms with van der Waals surface area (Å²) >= 11 is 0. The van der Waals surface area contributed by atoms with Crippen molar-refractivity contribution in [3.8, 4) is 0 Å². The summed E-state index contributed by atoms with van der Waals surface area (Å²) < 4.78 is 31.0. The van der Waals surface area contributed by atoms with E-state index in [2.05, 4.69) is 39.9 Å². The van der Waals surface area contributed by atoms with Crippen LogP contribution < -0.4 is 0 Å². The first-order chi connectivity index (χ1) is 14.6. The van der Waals surface area contributed by atoms with Crippen molar-refractivity contribution >= 4 is 14.3 Å². The van der Waals surface area contributed by atoms with E-state index in [1.54, 1.807) is 7.11 Å². The number of rotatable bonds is 6. The average molecular weight is 453 g/mol. The zero-order chi connectivity index (χ0) is 22.4. The van der Waals surface area contributed by atoms with Crippen LogP contribution >= 0.6 is 0 Å². The second kappa shape index (κ2) is 8.56. The topological polar surface area (TPSA) is 63.2 Å². The fourth-order valence-electron chi connectivity index (χ4n) is 5.37. The van der Waals surface area contributed by atoms with Crippen LogP contribution in [0.2, 0.25) is 18.1 Å². The smallest absolute Gasteiger partial charge is 0.309 e. The monoisotopic (exact) mass is 452 g/mol. The quantitative estimate of drug-likeness (QED) is 0.323. The van der Waals surface area contributed by atoms with Gasteiger partial charge in [-0.3, -0.25) is 4.79 Å². The Balaban J connectivity index is 1.54. The van der Waals surface area contributed by atoms with Gasteiger partial charge in [-0.25, -0.2) is 0 Å². The Bertz CT molecular complexity index is 707. The summed E-state index contributed by atoms with van der Waals surface area (Å²) in [6, 6.07) is 0. The zero-order valence-electron chi connectivity index (χ0n) is 20.1. The first kappa shape index (κ1) is 23.4. The van der Waals surface area contributed by atoms with Crippen molar-refractivity contribution in [2.45, 2.75) is 108 Å². The summed E-state index contributed by atoms with van der Waals surface area (Å²) in [4.78, 5) is 12.7. The molecule has 0 aromatic rings. The van der Waals surface area contributed by atoms with Crippen molar-refractivity contribution in [3.05, 3.63) is 11.6 Å². The van der Waals surface area contributed by atoms with Gasteiger partial charge in [0.15, 0.2) is 20.9 Å². The summed E-state index contributed by atoms with van der Waals surface area (Å²) in [6.45, 7) is 11.6. The molecule has 7 heteroatoms. The average Bonchev–Trinajstić information content (AvgIpc) is 3.26. The summed E-state index contributed by atoms with van der Waals surface area (Å²) in [5, 5.41) is 0.0598. The third-order valence-electron chi connectivity index (χ3n) is 8.20. The summed E-state index contributed by atoms with van der Waals surface area (Å²) in [5.41, 5.74) is 0.524. The highest BCUT2D eigenvalue weighted by molar-refractivity contribution is 6.74. The Kier molecular flexibility index (Phi) is 6.47. The van der Waals surface area contributed by atoms with Crippen molar-refractivity contribution < 1.29 is 28.2 Å². The lowest BCUT2D eigenvalue weighted by atomic mass is 9.79. The molecular weight excluding hydrogens is 412 g/mol. The molecule has 2 aliphatic carbocycles. The molecule has 1 unspecified atom stereocenters. The minimum Gasteiger partial charge on any atom is -0.461 e. The molecular formula is C24H40O6Si. The maximum atomic E-state index is 12.7. The lowest BCUT2D eigenvalue weighted by Crippen LogP contribution is -2.60. The van der Waals surface area contributed by atoms with Gasteiger partial charge in [0.25, 0.3) is 0 Å². The molecule has 176 valence electrons. The van der Waals surface area contributed by atoms with Crippen LogP contribution in [0, 0.1) is 11.8 Å². The second-order valence-corrected chi connectivity index (χ2v) is 16.0. The van der Waals surface area contributed by atoms with E-state index >= 15 is 0 Å². The normalized spacial score (nSPS) is 36.3. The van der Waals surface area contributed by atoms with Gasteiger partial charge >= 0.3 is 5.97 Å². The second-order valence-electron chi connectivity index (χ2n) is 11.3. The molecule has 2 heterocycles. The lowest BCUT2D eigenvalue weighted by Gasteiger charge is -2.50. The molecule has 4 aliphatic rings. The maximum absolute atomic E-state index is 12.7. The van der Waals surface area contributed by atoms with Crippen LogP contribution in [0.3, 0.4) is 0 Å². The van der Waals surface area contributed by atoms with Crippen molar-refractivity contribution in [2.75, 3.05) is 13.7 Å². The Morgan fingerprint density at radius 2 is 1.90 bits per heavy atom. The highest BCUT2D eigenvalue weighted by atomic mass is 28.4. The number of carbonyl (C=O) groups is 1. The number of fused-ring (bicyclic) bond motifs is 4. The molecule has 0 aromatic heterocycles. The number of methoxy groups -OCH3 is 1. The van der Waals surface area contributed by atoms with Crippen LogP contribution in [0.15, 0.2) is 11.6 Å². The van der Waals surface area contributed by atoms with E-state index < -0.39 is 20.2 Å².